The van der Waals surface area contributed by atoms with Gasteiger partial charge in [0.05, 0.1) is 5.25 Å². The summed E-state index contributed by atoms with van der Waals surface area (Å²) in [4.78, 5) is 9.70. The first-order chi connectivity index (χ1) is 10.2. The Bertz CT molecular complexity index is 451. The Balaban J connectivity index is 2.29. The summed E-state index contributed by atoms with van der Waals surface area (Å²) in [6.45, 7) is 9.83. The van der Waals surface area contributed by atoms with Crippen LogP contribution in [0.5, 0.6) is 0 Å². The summed E-state index contributed by atoms with van der Waals surface area (Å²) < 4.78 is 0. The summed E-state index contributed by atoms with van der Waals surface area (Å²) >= 11 is 4.11. The fourth-order valence-electron chi connectivity index (χ4n) is 2.39. The van der Waals surface area contributed by atoms with E-state index in [-0.39, 0.29) is 0 Å². The minimum Gasteiger partial charge on any atom is -0.370 e. The molecule has 0 aliphatic carbocycles. The van der Waals surface area contributed by atoms with Crippen LogP contribution in [0.4, 0.5) is 5.82 Å². The fraction of sp³-hybridized carbons (Fsp3) is 0.750. The van der Waals surface area contributed by atoms with Crippen LogP contribution in [0.1, 0.15) is 63.2 Å². The highest BCUT2D eigenvalue weighted by Crippen LogP contribution is 2.43. The smallest absolute Gasteiger partial charge is 0.145 e. The summed E-state index contributed by atoms with van der Waals surface area (Å²) in [6, 6.07) is 2.12. The van der Waals surface area contributed by atoms with Gasteiger partial charge in [-0.2, -0.15) is 11.8 Å². The molecule has 5 heteroatoms. The highest BCUT2D eigenvalue weighted by Gasteiger charge is 2.29. The number of anilines is 1. The van der Waals surface area contributed by atoms with E-state index in [1.807, 2.05) is 11.8 Å². The van der Waals surface area contributed by atoms with Crippen LogP contribution in [-0.2, 0) is 0 Å². The molecule has 1 aliphatic heterocycles. The highest BCUT2D eigenvalue weighted by molar-refractivity contribution is 8.06. The first-order valence-electron chi connectivity index (χ1n) is 8.01. The lowest BCUT2D eigenvalue weighted by Gasteiger charge is -2.29. The molecule has 0 radical (unpaired) electrons. The van der Waals surface area contributed by atoms with Crippen LogP contribution in [0.2, 0.25) is 0 Å². The van der Waals surface area contributed by atoms with Crippen molar-refractivity contribution in [1.29, 1.82) is 0 Å². The maximum absolute atomic E-state index is 4.88. The topological polar surface area (TPSA) is 37.8 Å². The lowest BCUT2D eigenvalue weighted by atomic mass is 10.1. The average Bonchev–Trinajstić information content (AvgIpc) is 2.52. The van der Waals surface area contributed by atoms with E-state index in [0.29, 0.717) is 16.4 Å². The van der Waals surface area contributed by atoms with Gasteiger partial charge in [-0.05, 0) is 18.8 Å². The second kappa shape index (κ2) is 8.28. The molecule has 1 aromatic rings. The van der Waals surface area contributed by atoms with Crippen molar-refractivity contribution in [2.24, 2.45) is 0 Å². The van der Waals surface area contributed by atoms with Crippen LogP contribution in [0.15, 0.2) is 6.07 Å². The van der Waals surface area contributed by atoms with Gasteiger partial charge in [0.25, 0.3) is 0 Å². The third kappa shape index (κ3) is 4.52. The Hall–Kier alpha value is -0.420. The minimum atomic E-state index is 0.439. The number of hydrogen-bond acceptors (Lipinski definition) is 5. The van der Waals surface area contributed by atoms with Gasteiger partial charge in [0.2, 0.25) is 0 Å². The zero-order chi connectivity index (χ0) is 15.2. The normalized spacial score (nSPS) is 22.5. The van der Waals surface area contributed by atoms with Crippen LogP contribution >= 0.6 is 23.5 Å². The van der Waals surface area contributed by atoms with Crippen molar-refractivity contribution in [2.75, 3.05) is 23.4 Å². The van der Waals surface area contributed by atoms with E-state index < -0.39 is 0 Å². The lowest BCUT2D eigenvalue weighted by molar-refractivity contribution is 0.723. The Kier molecular flexibility index (Phi) is 6.68. The van der Waals surface area contributed by atoms with Gasteiger partial charge in [0.15, 0.2) is 0 Å². The quantitative estimate of drug-likeness (QED) is 0.819. The predicted octanol–water partition coefficient (Wildman–Crippen LogP) is 4.72. The summed E-state index contributed by atoms with van der Waals surface area (Å²) in [5.74, 6) is 4.93. The number of thioether (sulfide) groups is 2. The van der Waals surface area contributed by atoms with Crippen LogP contribution in [0.25, 0.3) is 0 Å². The number of nitrogens with zero attached hydrogens (tertiary/aromatic N) is 2. The van der Waals surface area contributed by atoms with E-state index in [9.17, 15) is 0 Å². The highest BCUT2D eigenvalue weighted by atomic mass is 32.2. The molecule has 2 rings (SSSR count). The number of hydrogen-bond donors (Lipinski definition) is 1. The Morgan fingerprint density at radius 1 is 1.24 bits per heavy atom. The van der Waals surface area contributed by atoms with Crippen molar-refractivity contribution in [3.63, 3.8) is 0 Å². The van der Waals surface area contributed by atoms with Gasteiger partial charge in [0.1, 0.15) is 11.6 Å². The Labute approximate surface area is 137 Å². The van der Waals surface area contributed by atoms with Gasteiger partial charge in [0, 0.05) is 35.1 Å². The fourth-order valence-corrected chi connectivity index (χ4v) is 5.39. The number of nitrogens with one attached hydrogen (secondary N) is 1. The molecule has 2 atom stereocenters. The van der Waals surface area contributed by atoms with E-state index in [1.54, 1.807) is 0 Å². The van der Waals surface area contributed by atoms with Gasteiger partial charge < -0.3 is 5.32 Å². The van der Waals surface area contributed by atoms with E-state index in [0.717, 1.165) is 30.3 Å². The van der Waals surface area contributed by atoms with Gasteiger partial charge in [-0.1, -0.05) is 27.7 Å². The first-order valence-corrected chi connectivity index (χ1v) is 10.1. The van der Waals surface area contributed by atoms with Crippen molar-refractivity contribution in [2.45, 2.75) is 57.0 Å². The van der Waals surface area contributed by atoms with Crippen LogP contribution in [0, 0.1) is 0 Å². The summed E-state index contributed by atoms with van der Waals surface area (Å²) in [6.07, 6.45) is 2.30. The molecule has 2 heterocycles. The number of aromatic nitrogens is 2. The molecule has 0 saturated carbocycles. The van der Waals surface area contributed by atoms with Gasteiger partial charge in [-0.3, -0.25) is 0 Å². The largest absolute Gasteiger partial charge is 0.370 e. The molecular weight excluding hydrogens is 298 g/mol. The molecule has 2 unspecified atom stereocenters. The molecule has 1 saturated heterocycles. The molecule has 1 N–H and O–H groups in total. The summed E-state index contributed by atoms with van der Waals surface area (Å²) in [7, 11) is 0. The van der Waals surface area contributed by atoms with Crippen molar-refractivity contribution >= 4 is 29.3 Å². The monoisotopic (exact) mass is 325 g/mol. The van der Waals surface area contributed by atoms with E-state index in [2.05, 4.69) is 50.8 Å². The maximum atomic E-state index is 4.88. The second-order valence-electron chi connectivity index (χ2n) is 5.73. The third-order valence-corrected chi connectivity index (χ3v) is 6.86. The Morgan fingerprint density at radius 3 is 2.67 bits per heavy atom. The zero-order valence-electron chi connectivity index (χ0n) is 13.6. The average molecular weight is 326 g/mol. The third-order valence-electron chi connectivity index (χ3n) is 3.62. The van der Waals surface area contributed by atoms with E-state index in [4.69, 9.17) is 9.97 Å². The molecule has 0 aromatic carbocycles. The zero-order valence-corrected chi connectivity index (χ0v) is 15.2. The molecule has 1 fully saturated rings. The van der Waals surface area contributed by atoms with Crippen molar-refractivity contribution in [3.8, 4) is 0 Å². The second-order valence-corrected chi connectivity index (χ2v) is 8.32. The van der Waals surface area contributed by atoms with Crippen LogP contribution in [-0.4, -0.2) is 33.3 Å². The molecule has 0 amide bonds. The van der Waals surface area contributed by atoms with Crippen LogP contribution < -0.4 is 5.32 Å². The van der Waals surface area contributed by atoms with Gasteiger partial charge >= 0.3 is 0 Å². The lowest BCUT2D eigenvalue weighted by Crippen LogP contribution is -2.21. The molecule has 0 spiro atoms. The molecular formula is C16H27N3S2. The van der Waals surface area contributed by atoms with Gasteiger partial charge in [-0.15, -0.1) is 11.8 Å². The predicted molar refractivity (Wildman–Crippen MR) is 96.6 cm³/mol. The van der Waals surface area contributed by atoms with Crippen molar-refractivity contribution in [3.05, 3.63) is 17.6 Å². The molecule has 0 bridgehead atoms. The summed E-state index contributed by atoms with van der Waals surface area (Å²) in [5.41, 5.74) is 1.16. The minimum absolute atomic E-state index is 0.439. The molecule has 1 aromatic heterocycles. The SMILES string of the molecule is CCCNc1cc(C(C)C)nc(C2SCCSC2CC)n1. The number of rotatable bonds is 6. The first kappa shape index (κ1) is 16.9. The van der Waals surface area contributed by atoms with E-state index in [1.165, 1.54) is 17.9 Å². The molecule has 21 heavy (non-hydrogen) atoms. The van der Waals surface area contributed by atoms with Gasteiger partial charge in [-0.25, -0.2) is 9.97 Å². The molecule has 1 aliphatic rings. The van der Waals surface area contributed by atoms with Crippen molar-refractivity contribution < 1.29 is 0 Å². The Morgan fingerprint density at radius 2 is 2.00 bits per heavy atom. The van der Waals surface area contributed by atoms with Crippen LogP contribution in [0.3, 0.4) is 0 Å². The van der Waals surface area contributed by atoms with Crippen molar-refractivity contribution in [1.82, 2.24) is 9.97 Å². The maximum Gasteiger partial charge on any atom is 0.145 e. The molecule has 118 valence electrons. The standard InChI is InChI=1S/C16H27N3S2/c1-5-7-17-14-10-12(11(3)4)18-16(19-14)15-13(6-2)20-8-9-21-15/h10-11,13,15H,5-9H2,1-4H3,(H,17,18,19). The summed E-state index contributed by atoms with van der Waals surface area (Å²) in [5, 5.41) is 4.52. The molecule has 3 nitrogen and oxygen atoms in total. The van der Waals surface area contributed by atoms with E-state index >= 15 is 0 Å².